The van der Waals surface area contributed by atoms with Crippen LogP contribution in [0.1, 0.15) is 180 Å². The Labute approximate surface area is 312 Å². The summed E-state index contributed by atoms with van der Waals surface area (Å²) in [6.45, 7) is 5.20. The number of phosphoric ester groups is 1. The van der Waals surface area contributed by atoms with Gasteiger partial charge in [-0.1, -0.05) is 140 Å². The Kier molecular flexibility index (Phi) is 36.7. The van der Waals surface area contributed by atoms with Crippen molar-refractivity contribution in [1.82, 2.24) is 0 Å². The number of esters is 2. The first-order valence-electron chi connectivity index (χ1n) is 20.4. The lowest BCUT2D eigenvalue weighted by Crippen LogP contribution is -2.29. The van der Waals surface area contributed by atoms with Crippen LogP contribution in [0.5, 0.6) is 0 Å². The molecule has 0 saturated heterocycles. The van der Waals surface area contributed by atoms with E-state index in [1.165, 1.54) is 103 Å². The number of hydrogen-bond acceptors (Lipinski definition) is 8. The van der Waals surface area contributed by atoms with Gasteiger partial charge in [0.1, 0.15) is 6.61 Å². The SMILES string of the molecule is C=CCCCCCCCCCCCCCCCC(=O)OC[C@H](COP(=O)(O)OCCN)OC(=O)CCCC/C=C/C/C=C/CCCCCCCC. The summed E-state index contributed by atoms with van der Waals surface area (Å²) < 4.78 is 32.7. The first-order chi connectivity index (χ1) is 24.8. The van der Waals surface area contributed by atoms with Crippen molar-refractivity contribution in [1.29, 1.82) is 0 Å². The molecule has 0 fully saturated rings. The molecule has 9 nitrogen and oxygen atoms in total. The quantitative estimate of drug-likeness (QED) is 0.0273. The summed E-state index contributed by atoms with van der Waals surface area (Å²) in [4.78, 5) is 34.8. The van der Waals surface area contributed by atoms with Gasteiger partial charge in [0.15, 0.2) is 6.10 Å². The molecule has 0 spiro atoms. The molecule has 0 heterocycles. The van der Waals surface area contributed by atoms with Gasteiger partial charge < -0.3 is 20.1 Å². The highest BCUT2D eigenvalue weighted by Gasteiger charge is 2.25. The Bertz CT molecular complexity index is 925. The smallest absolute Gasteiger partial charge is 0.462 e. The van der Waals surface area contributed by atoms with Crippen LogP contribution in [-0.2, 0) is 32.7 Å². The molecule has 51 heavy (non-hydrogen) atoms. The van der Waals surface area contributed by atoms with Gasteiger partial charge in [-0.15, -0.1) is 6.58 Å². The molecule has 0 saturated carbocycles. The van der Waals surface area contributed by atoms with Crippen LogP contribution in [-0.4, -0.2) is 49.3 Å². The monoisotopic (exact) mass is 742 g/mol. The van der Waals surface area contributed by atoms with Gasteiger partial charge in [0.05, 0.1) is 13.2 Å². The Morgan fingerprint density at radius 1 is 0.647 bits per heavy atom. The number of hydrogen-bond donors (Lipinski definition) is 2. The molecule has 0 bridgehead atoms. The van der Waals surface area contributed by atoms with Crippen molar-refractivity contribution in [3.8, 4) is 0 Å². The van der Waals surface area contributed by atoms with E-state index in [9.17, 15) is 19.0 Å². The second kappa shape index (κ2) is 38.0. The zero-order chi connectivity index (χ0) is 37.5. The van der Waals surface area contributed by atoms with Crippen LogP contribution in [0.25, 0.3) is 0 Å². The number of unbranched alkanes of at least 4 members (excludes halogenated alkanes) is 21. The topological polar surface area (TPSA) is 134 Å². The predicted molar refractivity (Wildman–Crippen MR) is 210 cm³/mol. The van der Waals surface area contributed by atoms with Crippen molar-refractivity contribution in [3.05, 3.63) is 37.0 Å². The Hall–Kier alpha value is -1.77. The lowest BCUT2D eigenvalue weighted by Gasteiger charge is -2.19. The van der Waals surface area contributed by atoms with E-state index in [1.54, 1.807) is 0 Å². The van der Waals surface area contributed by atoms with Gasteiger partial charge in [-0.05, 0) is 57.8 Å². The number of carbonyl (C=O) groups excluding carboxylic acids is 2. The van der Waals surface area contributed by atoms with Crippen LogP contribution in [0.4, 0.5) is 0 Å². The van der Waals surface area contributed by atoms with E-state index in [4.69, 9.17) is 24.3 Å². The van der Waals surface area contributed by atoms with E-state index in [1.807, 2.05) is 6.08 Å². The maximum absolute atomic E-state index is 12.5. The molecule has 0 rings (SSSR count). The normalized spacial score (nSPS) is 13.5. The summed E-state index contributed by atoms with van der Waals surface area (Å²) in [5.74, 6) is -0.868. The Morgan fingerprint density at radius 2 is 1.12 bits per heavy atom. The van der Waals surface area contributed by atoms with Crippen LogP contribution in [0.2, 0.25) is 0 Å². The molecule has 1 unspecified atom stereocenters. The molecular weight excluding hydrogens is 665 g/mol. The van der Waals surface area contributed by atoms with Crippen molar-refractivity contribution in [2.24, 2.45) is 5.73 Å². The summed E-state index contributed by atoms with van der Waals surface area (Å²) in [5, 5.41) is 0. The standard InChI is InChI=1S/C41H76NO8P/c1-3-5-7-9-11-13-15-17-19-21-23-25-27-29-31-33-40(43)47-37-39(38-49-51(45,46)48-36-35-42)50-41(44)34-32-30-28-26-24-22-20-18-16-14-12-10-8-6-4-2/h3,18,20,24,26,39H,1,4-17,19,21-23,25,27-38,42H2,2H3,(H,45,46)/b20-18+,26-24+/t39-/m1/s1. The van der Waals surface area contributed by atoms with Gasteiger partial charge in [-0.2, -0.15) is 0 Å². The lowest BCUT2D eigenvalue weighted by atomic mass is 10.0. The molecule has 10 heteroatoms. The van der Waals surface area contributed by atoms with E-state index < -0.39 is 32.5 Å². The largest absolute Gasteiger partial charge is 0.472 e. The molecule has 0 aromatic rings. The van der Waals surface area contributed by atoms with Crippen molar-refractivity contribution in [2.45, 2.75) is 186 Å². The fourth-order valence-corrected chi connectivity index (χ4v) is 6.35. The van der Waals surface area contributed by atoms with Crippen molar-refractivity contribution in [2.75, 3.05) is 26.4 Å². The molecule has 0 radical (unpaired) electrons. The number of ether oxygens (including phenoxy) is 2. The van der Waals surface area contributed by atoms with Crippen LogP contribution in [0, 0.1) is 0 Å². The average Bonchev–Trinajstić information content (AvgIpc) is 3.11. The van der Waals surface area contributed by atoms with Gasteiger partial charge in [-0.25, -0.2) is 4.57 Å². The second-order valence-corrected chi connectivity index (χ2v) is 15.0. The first-order valence-corrected chi connectivity index (χ1v) is 21.9. The van der Waals surface area contributed by atoms with Gasteiger partial charge in [0.25, 0.3) is 0 Å². The molecule has 0 aromatic carbocycles. The Balaban J connectivity index is 4.22. The van der Waals surface area contributed by atoms with Crippen molar-refractivity contribution < 1.29 is 37.6 Å². The van der Waals surface area contributed by atoms with E-state index in [0.29, 0.717) is 6.42 Å². The Morgan fingerprint density at radius 3 is 1.67 bits per heavy atom. The van der Waals surface area contributed by atoms with Gasteiger partial charge in [0.2, 0.25) is 0 Å². The minimum Gasteiger partial charge on any atom is -0.462 e. The summed E-state index contributed by atoms with van der Waals surface area (Å²) in [6.07, 6.45) is 39.3. The van der Waals surface area contributed by atoms with Gasteiger partial charge >= 0.3 is 19.8 Å². The number of carbonyl (C=O) groups is 2. The summed E-state index contributed by atoms with van der Waals surface area (Å²) >= 11 is 0. The third kappa shape index (κ3) is 37.8. The third-order valence-electron chi connectivity index (χ3n) is 8.64. The molecule has 298 valence electrons. The molecule has 0 aromatic heterocycles. The lowest BCUT2D eigenvalue weighted by molar-refractivity contribution is -0.161. The van der Waals surface area contributed by atoms with Crippen LogP contribution in [0.15, 0.2) is 37.0 Å². The van der Waals surface area contributed by atoms with Crippen LogP contribution < -0.4 is 5.73 Å². The highest BCUT2D eigenvalue weighted by atomic mass is 31.2. The van der Waals surface area contributed by atoms with E-state index in [0.717, 1.165) is 51.4 Å². The molecule has 0 aliphatic heterocycles. The zero-order valence-corrected chi connectivity index (χ0v) is 33.3. The number of nitrogens with two attached hydrogens (primary N) is 1. The molecule has 0 amide bonds. The van der Waals surface area contributed by atoms with Crippen molar-refractivity contribution >= 4 is 19.8 Å². The fourth-order valence-electron chi connectivity index (χ4n) is 5.59. The van der Waals surface area contributed by atoms with Crippen LogP contribution >= 0.6 is 7.82 Å². The maximum Gasteiger partial charge on any atom is 0.472 e. The summed E-state index contributed by atoms with van der Waals surface area (Å²) in [7, 11) is -4.38. The maximum atomic E-state index is 12.5. The van der Waals surface area contributed by atoms with Crippen molar-refractivity contribution in [3.63, 3.8) is 0 Å². The number of phosphoric acid groups is 1. The van der Waals surface area contributed by atoms with Crippen LogP contribution in [0.3, 0.4) is 0 Å². The van der Waals surface area contributed by atoms with Gasteiger partial charge in [0, 0.05) is 19.4 Å². The van der Waals surface area contributed by atoms with Gasteiger partial charge in [-0.3, -0.25) is 18.6 Å². The average molecular weight is 742 g/mol. The first kappa shape index (κ1) is 49.2. The molecule has 3 N–H and O–H groups in total. The highest BCUT2D eigenvalue weighted by Crippen LogP contribution is 2.43. The van der Waals surface area contributed by atoms with E-state index >= 15 is 0 Å². The third-order valence-corrected chi connectivity index (χ3v) is 9.63. The minimum absolute atomic E-state index is 0.0479. The van der Waals surface area contributed by atoms with E-state index in [-0.39, 0.29) is 32.6 Å². The second-order valence-electron chi connectivity index (χ2n) is 13.6. The predicted octanol–water partition coefficient (Wildman–Crippen LogP) is 11.4. The summed E-state index contributed by atoms with van der Waals surface area (Å²) in [6, 6.07) is 0. The fraction of sp³-hybridized carbons (Fsp3) is 0.805. The molecule has 0 aliphatic rings. The summed E-state index contributed by atoms with van der Waals surface area (Å²) in [5.41, 5.74) is 5.33. The number of allylic oxidation sites excluding steroid dienone is 5. The zero-order valence-electron chi connectivity index (χ0n) is 32.4. The molecular formula is C41H76NO8P. The molecule has 2 atom stereocenters. The minimum atomic E-state index is -4.38. The van der Waals surface area contributed by atoms with E-state index in [2.05, 4.69) is 37.8 Å². The highest BCUT2D eigenvalue weighted by molar-refractivity contribution is 7.47. The number of rotatable bonds is 39. The molecule has 0 aliphatic carbocycles.